The molecule has 0 saturated carbocycles. The lowest BCUT2D eigenvalue weighted by molar-refractivity contribution is 0.628. The molecule has 2 nitrogen and oxygen atoms in total. The molecule has 2 aromatic rings. The molecule has 21 heavy (non-hydrogen) atoms. The van der Waals surface area contributed by atoms with Crippen LogP contribution in [0.4, 0.5) is 15.8 Å². The van der Waals surface area contributed by atoms with Crippen LogP contribution in [0.25, 0.3) is 0 Å². The minimum atomic E-state index is -0.234. The van der Waals surface area contributed by atoms with Crippen molar-refractivity contribution in [2.45, 2.75) is 19.9 Å². The summed E-state index contributed by atoms with van der Waals surface area (Å²) in [7, 11) is 1.94. The molecular formula is C17H20ClFN2. The Morgan fingerprint density at radius 1 is 1.10 bits per heavy atom. The van der Waals surface area contributed by atoms with Crippen LogP contribution in [0.15, 0.2) is 42.5 Å². The number of anilines is 2. The van der Waals surface area contributed by atoms with Gasteiger partial charge in [-0.2, -0.15) is 0 Å². The molecule has 112 valence electrons. The van der Waals surface area contributed by atoms with Gasteiger partial charge >= 0.3 is 0 Å². The molecule has 0 aliphatic carbocycles. The molecule has 2 rings (SSSR count). The van der Waals surface area contributed by atoms with Crippen LogP contribution in [0.3, 0.4) is 0 Å². The third-order valence-corrected chi connectivity index (χ3v) is 3.73. The molecule has 0 heterocycles. The van der Waals surface area contributed by atoms with E-state index in [1.165, 1.54) is 12.1 Å². The first-order valence-corrected chi connectivity index (χ1v) is 7.48. The maximum absolute atomic E-state index is 13.0. The molecule has 0 fully saturated rings. The van der Waals surface area contributed by atoms with E-state index in [1.54, 1.807) is 12.1 Å². The standard InChI is InChI=1S/C17H20ClFN2/c1-3-10-20-12-13-4-7-16(11-17(13)18)21(2)15-8-5-14(19)6-9-15/h4-9,11,20H,3,10,12H2,1-2H3. The van der Waals surface area contributed by atoms with Gasteiger partial charge in [0.05, 0.1) is 0 Å². The van der Waals surface area contributed by atoms with Crippen molar-refractivity contribution < 1.29 is 4.39 Å². The number of rotatable bonds is 6. The van der Waals surface area contributed by atoms with Gasteiger partial charge in [-0.3, -0.25) is 0 Å². The third-order valence-electron chi connectivity index (χ3n) is 3.38. The van der Waals surface area contributed by atoms with Gasteiger partial charge in [0.15, 0.2) is 0 Å². The fourth-order valence-corrected chi connectivity index (χ4v) is 2.34. The SMILES string of the molecule is CCCNCc1ccc(N(C)c2ccc(F)cc2)cc1Cl. The summed E-state index contributed by atoms with van der Waals surface area (Å²) in [5, 5.41) is 4.08. The van der Waals surface area contributed by atoms with Crippen molar-refractivity contribution in [2.24, 2.45) is 0 Å². The first-order valence-electron chi connectivity index (χ1n) is 7.10. The van der Waals surface area contributed by atoms with Crippen molar-refractivity contribution in [3.8, 4) is 0 Å². The number of hydrogen-bond acceptors (Lipinski definition) is 2. The highest BCUT2D eigenvalue weighted by atomic mass is 35.5. The number of nitrogens with one attached hydrogen (secondary N) is 1. The molecule has 0 aliphatic heterocycles. The molecule has 0 unspecified atom stereocenters. The van der Waals surface area contributed by atoms with Crippen LogP contribution in [-0.4, -0.2) is 13.6 Å². The Morgan fingerprint density at radius 2 is 1.76 bits per heavy atom. The van der Waals surface area contributed by atoms with Crippen LogP contribution in [0.2, 0.25) is 5.02 Å². The largest absolute Gasteiger partial charge is 0.345 e. The summed E-state index contributed by atoms with van der Waals surface area (Å²) >= 11 is 6.34. The monoisotopic (exact) mass is 306 g/mol. The predicted octanol–water partition coefficient (Wildman–Crippen LogP) is 4.75. The molecule has 0 aliphatic rings. The molecule has 0 saturated heterocycles. The minimum absolute atomic E-state index is 0.234. The topological polar surface area (TPSA) is 15.3 Å². The number of nitrogens with zero attached hydrogens (tertiary/aromatic N) is 1. The Labute approximate surface area is 130 Å². The quantitative estimate of drug-likeness (QED) is 0.775. The van der Waals surface area contributed by atoms with Gasteiger partial charge < -0.3 is 10.2 Å². The van der Waals surface area contributed by atoms with E-state index in [4.69, 9.17) is 11.6 Å². The Balaban J connectivity index is 2.13. The highest BCUT2D eigenvalue weighted by Crippen LogP contribution is 2.28. The maximum Gasteiger partial charge on any atom is 0.123 e. The second kappa shape index (κ2) is 7.43. The fourth-order valence-electron chi connectivity index (χ4n) is 2.10. The smallest absolute Gasteiger partial charge is 0.123 e. The van der Waals surface area contributed by atoms with Crippen molar-refractivity contribution in [1.29, 1.82) is 0 Å². The first kappa shape index (κ1) is 15.8. The van der Waals surface area contributed by atoms with Gasteiger partial charge in [0.2, 0.25) is 0 Å². The summed E-state index contributed by atoms with van der Waals surface area (Å²) in [5.41, 5.74) is 2.98. The number of halogens is 2. The van der Waals surface area contributed by atoms with Crippen molar-refractivity contribution in [1.82, 2.24) is 5.32 Å². The van der Waals surface area contributed by atoms with Gasteiger partial charge in [0.25, 0.3) is 0 Å². The second-order valence-electron chi connectivity index (χ2n) is 4.99. The molecule has 0 aromatic heterocycles. The second-order valence-corrected chi connectivity index (χ2v) is 5.40. The van der Waals surface area contributed by atoms with E-state index in [-0.39, 0.29) is 5.82 Å². The van der Waals surface area contributed by atoms with Crippen LogP contribution in [0.1, 0.15) is 18.9 Å². The highest BCUT2D eigenvalue weighted by Gasteiger charge is 2.07. The first-order chi connectivity index (χ1) is 10.1. The zero-order valence-electron chi connectivity index (χ0n) is 12.4. The van der Waals surface area contributed by atoms with Crippen molar-refractivity contribution in [2.75, 3.05) is 18.5 Å². The van der Waals surface area contributed by atoms with Gasteiger partial charge in [0, 0.05) is 30.0 Å². The van der Waals surface area contributed by atoms with E-state index in [0.29, 0.717) is 0 Å². The zero-order valence-corrected chi connectivity index (χ0v) is 13.1. The van der Waals surface area contributed by atoms with E-state index in [1.807, 2.05) is 30.1 Å². The molecule has 0 atom stereocenters. The van der Waals surface area contributed by atoms with E-state index in [2.05, 4.69) is 12.2 Å². The maximum atomic E-state index is 13.0. The Morgan fingerprint density at radius 3 is 2.38 bits per heavy atom. The molecule has 0 amide bonds. The molecule has 0 bridgehead atoms. The zero-order chi connectivity index (χ0) is 15.2. The van der Waals surface area contributed by atoms with Crippen molar-refractivity contribution in [3.05, 3.63) is 58.9 Å². The number of benzene rings is 2. The van der Waals surface area contributed by atoms with E-state index in [9.17, 15) is 4.39 Å². The molecule has 0 spiro atoms. The van der Waals surface area contributed by atoms with Gasteiger partial charge in [-0.25, -0.2) is 4.39 Å². The summed E-state index contributed by atoms with van der Waals surface area (Å²) < 4.78 is 13.0. The van der Waals surface area contributed by atoms with Gasteiger partial charge in [-0.1, -0.05) is 24.6 Å². The number of hydrogen-bond donors (Lipinski definition) is 1. The van der Waals surface area contributed by atoms with Crippen LogP contribution < -0.4 is 10.2 Å². The lowest BCUT2D eigenvalue weighted by Crippen LogP contribution is -2.14. The van der Waals surface area contributed by atoms with Crippen LogP contribution in [-0.2, 0) is 6.54 Å². The fraction of sp³-hybridized carbons (Fsp3) is 0.294. The predicted molar refractivity (Wildman–Crippen MR) is 87.9 cm³/mol. The minimum Gasteiger partial charge on any atom is -0.345 e. The molecule has 2 aromatic carbocycles. The van der Waals surface area contributed by atoms with Crippen molar-refractivity contribution >= 4 is 23.0 Å². The normalized spacial score (nSPS) is 10.7. The van der Waals surface area contributed by atoms with E-state index >= 15 is 0 Å². The van der Waals surface area contributed by atoms with Crippen molar-refractivity contribution in [3.63, 3.8) is 0 Å². The van der Waals surface area contributed by atoms with Crippen LogP contribution >= 0.6 is 11.6 Å². The lowest BCUT2D eigenvalue weighted by Gasteiger charge is -2.20. The molecular weight excluding hydrogens is 287 g/mol. The highest BCUT2D eigenvalue weighted by molar-refractivity contribution is 6.31. The van der Waals surface area contributed by atoms with Gasteiger partial charge in [0.1, 0.15) is 5.82 Å². The molecule has 4 heteroatoms. The van der Waals surface area contributed by atoms with Gasteiger partial charge in [-0.05, 0) is 54.9 Å². The molecule has 0 radical (unpaired) electrons. The summed E-state index contributed by atoms with van der Waals surface area (Å²) in [6, 6.07) is 12.4. The lowest BCUT2D eigenvalue weighted by atomic mass is 10.1. The van der Waals surface area contributed by atoms with E-state index in [0.717, 1.165) is 41.5 Å². The third kappa shape index (κ3) is 4.19. The summed E-state index contributed by atoms with van der Waals surface area (Å²) in [6.07, 6.45) is 1.10. The Hall–Kier alpha value is -1.58. The average Bonchev–Trinajstić information content (AvgIpc) is 2.49. The van der Waals surface area contributed by atoms with Crippen LogP contribution in [0.5, 0.6) is 0 Å². The Kier molecular flexibility index (Phi) is 5.59. The summed E-state index contributed by atoms with van der Waals surface area (Å²) in [4.78, 5) is 1.98. The molecule has 1 N–H and O–H groups in total. The Bertz CT molecular complexity index is 584. The summed E-state index contributed by atoms with van der Waals surface area (Å²) in [5.74, 6) is -0.234. The van der Waals surface area contributed by atoms with E-state index < -0.39 is 0 Å². The van der Waals surface area contributed by atoms with Crippen LogP contribution in [0, 0.1) is 5.82 Å². The average molecular weight is 307 g/mol. The summed E-state index contributed by atoms with van der Waals surface area (Å²) in [6.45, 7) is 3.89. The van der Waals surface area contributed by atoms with Gasteiger partial charge in [-0.15, -0.1) is 0 Å².